The maximum Gasteiger partial charge on any atom is 0.488 e. The molecule has 0 fully saturated rings. The fourth-order valence-electron chi connectivity index (χ4n) is 5.57. The van der Waals surface area contributed by atoms with Crippen LogP contribution in [-0.2, 0) is 43.4 Å². The van der Waals surface area contributed by atoms with Gasteiger partial charge < -0.3 is 8.37 Å². The first-order chi connectivity index (χ1) is 17.6. The Morgan fingerprint density at radius 3 is 1.76 bits per heavy atom. The molecule has 2 aliphatic rings. The van der Waals surface area contributed by atoms with Crippen molar-refractivity contribution in [2.45, 2.75) is 24.7 Å². The van der Waals surface area contributed by atoms with E-state index in [1.807, 2.05) is 36.4 Å². The van der Waals surface area contributed by atoms with Gasteiger partial charge in [0, 0.05) is 0 Å². The molecule has 6 nitrogen and oxygen atoms in total. The van der Waals surface area contributed by atoms with Crippen LogP contribution in [0.4, 0.5) is 7.77 Å². The molecule has 0 radical (unpaired) electrons. The monoisotopic (exact) mass is 544 g/mol. The van der Waals surface area contributed by atoms with Crippen LogP contribution in [0.5, 0.6) is 5.75 Å². The van der Waals surface area contributed by atoms with Crippen molar-refractivity contribution < 1.29 is 33.0 Å². The molecule has 2 aliphatic carbocycles. The number of aryl methyl sites for hydroxylation is 2. The zero-order valence-electron chi connectivity index (χ0n) is 19.4. The standard InChI is InChI=1S/C27H22F2O6S2/c28-36(30,31)34-23-15-11-21(12-16-23)27(22-13-17-24(18-14-22)35-37(29,32)33)25-7-3-1-5-19(25)9-10-20-6-2-4-8-26(20)27/h1-8,11-13,15-18,22H,9-10,14H2. The van der Waals surface area contributed by atoms with Gasteiger partial charge in [-0.1, -0.05) is 74.5 Å². The van der Waals surface area contributed by atoms with E-state index < -0.39 is 26.4 Å². The summed E-state index contributed by atoms with van der Waals surface area (Å²) in [5, 5.41) is 0. The molecule has 0 aromatic heterocycles. The molecule has 3 aromatic rings. The minimum Gasteiger partial charge on any atom is -0.359 e. The summed E-state index contributed by atoms with van der Waals surface area (Å²) in [4.78, 5) is 0. The zero-order valence-corrected chi connectivity index (χ0v) is 21.0. The summed E-state index contributed by atoms with van der Waals surface area (Å²) in [5.74, 6) is -0.542. The highest BCUT2D eigenvalue weighted by molar-refractivity contribution is 7.82. The average Bonchev–Trinajstić information content (AvgIpc) is 2.99. The van der Waals surface area contributed by atoms with Gasteiger partial charge in [-0.05, 0) is 77.3 Å². The molecule has 0 N–H and O–H groups in total. The molecule has 3 aromatic carbocycles. The summed E-state index contributed by atoms with van der Waals surface area (Å²) in [7, 11) is -10.4. The lowest BCUT2D eigenvalue weighted by Gasteiger charge is -2.43. The van der Waals surface area contributed by atoms with Gasteiger partial charge in [0.15, 0.2) is 0 Å². The van der Waals surface area contributed by atoms with Crippen molar-refractivity contribution in [2.75, 3.05) is 0 Å². The summed E-state index contributed by atoms with van der Waals surface area (Å²) >= 11 is 0. The minimum absolute atomic E-state index is 0.110. The molecular weight excluding hydrogens is 522 g/mol. The summed E-state index contributed by atoms with van der Waals surface area (Å²) in [6.45, 7) is 0. The first-order valence-electron chi connectivity index (χ1n) is 11.5. The number of fused-ring (bicyclic) bond motifs is 2. The van der Waals surface area contributed by atoms with E-state index in [9.17, 15) is 24.6 Å². The van der Waals surface area contributed by atoms with Crippen molar-refractivity contribution >= 4 is 21.0 Å². The van der Waals surface area contributed by atoms with Gasteiger partial charge >= 0.3 is 21.0 Å². The maximum absolute atomic E-state index is 13.2. The van der Waals surface area contributed by atoms with E-state index in [0.717, 1.165) is 40.7 Å². The van der Waals surface area contributed by atoms with Crippen LogP contribution in [0.15, 0.2) is 96.8 Å². The minimum atomic E-state index is -5.19. The van der Waals surface area contributed by atoms with Gasteiger partial charge in [-0.3, -0.25) is 0 Å². The summed E-state index contributed by atoms with van der Waals surface area (Å²) < 4.78 is 79.3. The van der Waals surface area contributed by atoms with E-state index in [0.29, 0.717) is 6.42 Å². The second kappa shape index (κ2) is 9.42. The number of hydrogen-bond acceptors (Lipinski definition) is 6. The molecule has 0 aliphatic heterocycles. The normalized spacial score (nSPS) is 18.6. The van der Waals surface area contributed by atoms with E-state index in [4.69, 9.17) is 0 Å². The maximum atomic E-state index is 13.2. The lowest BCUT2D eigenvalue weighted by atomic mass is 9.59. The zero-order chi connectivity index (χ0) is 26.3. The quantitative estimate of drug-likeness (QED) is 0.386. The highest BCUT2D eigenvalue weighted by atomic mass is 32.3. The molecule has 1 unspecified atom stereocenters. The van der Waals surface area contributed by atoms with Crippen molar-refractivity contribution in [3.8, 4) is 5.75 Å². The Bertz CT molecular complexity index is 1560. The molecular formula is C27H22F2O6S2. The summed E-state index contributed by atoms with van der Waals surface area (Å²) in [5.41, 5.74) is 4.29. The van der Waals surface area contributed by atoms with Crippen molar-refractivity contribution in [2.24, 2.45) is 5.92 Å². The number of hydrogen-bond donors (Lipinski definition) is 0. The van der Waals surface area contributed by atoms with Crippen LogP contribution >= 0.6 is 0 Å². The molecule has 0 amide bonds. The third-order valence-corrected chi connectivity index (χ3v) is 7.65. The Balaban J connectivity index is 1.74. The van der Waals surface area contributed by atoms with Crippen LogP contribution in [0, 0.1) is 5.92 Å². The Kier molecular flexibility index (Phi) is 6.41. The largest absolute Gasteiger partial charge is 0.488 e. The van der Waals surface area contributed by atoms with Gasteiger partial charge in [0.05, 0.1) is 5.41 Å². The molecule has 0 heterocycles. The Morgan fingerprint density at radius 1 is 0.730 bits per heavy atom. The fourth-order valence-corrected chi connectivity index (χ4v) is 6.27. The van der Waals surface area contributed by atoms with Crippen molar-refractivity contribution in [1.82, 2.24) is 0 Å². The topological polar surface area (TPSA) is 86.7 Å². The smallest absolute Gasteiger partial charge is 0.359 e. The molecule has 0 bridgehead atoms. The number of rotatable bonds is 6. The Hall–Kier alpha value is -3.50. The van der Waals surface area contributed by atoms with Gasteiger partial charge in [-0.2, -0.15) is 16.8 Å². The number of halogens is 2. The van der Waals surface area contributed by atoms with Gasteiger partial charge in [-0.25, -0.2) is 0 Å². The van der Waals surface area contributed by atoms with Crippen LogP contribution in [-0.4, -0.2) is 16.8 Å². The first-order valence-corrected chi connectivity index (χ1v) is 14.1. The van der Waals surface area contributed by atoms with Crippen molar-refractivity contribution in [3.63, 3.8) is 0 Å². The molecule has 5 rings (SSSR count). The molecule has 0 spiro atoms. The van der Waals surface area contributed by atoms with Gasteiger partial charge in [0.25, 0.3) is 0 Å². The van der Waals surface area contributed by atoms with E-state index in [-0.39, 0.29) is 17.4 Å². The third-order valence-electron chi connectivity index (χ3n) is 6.87. The van der Waals surface area contributed by atoms with E-state index >= 15 is 0 Å². The molecule has 1 atom stereocenters. The molecule has 0 saturated heterocycles. The van der Waals surface area contributed by atoms with E-state index in [1.54, 1.807) is 18.2 Å². The fraction of sp³-hybridized carbons (Fsp3) is 0.185. The highest BCUT2D eigenvalue weighted by Crippen LogP contribution is 2.52. The van der Waals surface area contributed by atoms with Crippen LogP contribution in [0.3, 0.4) is 0 Å². The predicted octanol–water partition coefficient (Wildman–Crippen LogP) is 5.40. The summed E-state index contributed by atoms with van der Waals surface area (Å²) in [6.07, 6.45) is 6.67. The van der Waals surface area contributed by atoms with Crippen LogP contribution < -0.4 is 4.18 Å². The average molecular weight is 545 g/mol. The lowest BCUT2D eigenvalue weighted by Crippen LogP contribution is -2.38. The second-order valence-corrected chi connectivity index (χ2v) is 10.8. The second-order valence-electron chi connectivity index (χ2n) is 8.91. The van der Waals surface area contributed by atoms with Crippen molar-refractivity contribution in [1.29, 1.82) is 0 Å². The lowest BCUT2D eigenvalue weighted by molar-refractivity contribution is 0.370. The summed E-state index contributed by atoms with van der Waals surface area (Å²) in [6, 6.07) is 22.3. The third kappa shape index (κ3) is 5.03. The SMILES string of the molecule is O=S(=O)(F)OC1=CCC(C2(c3ccc(OS(=O)(=O)F)cc3)c3ccccc3CCc3ccccc32)C=C1. The highest BCUT2D eigenvalue weighted by Gasteiger charge is 2.46. The van der Waals surface area contributed by atoms with Crippen molar-refractivity contribution in [3.05, 3.63) is 125 Å². The Labute approximate surface area is 214 Å². The molecule has 10 heteroatoms. The number of allylic oxidation sites excluding steroid dienone is 3. The molecule has 192 valence electrons. The molecule has 0 saturated carbocycles. The van der Waals surface area contributed by atoms with Gasteiger partial charge in [0.1, 0.15) is 11.5 Å². The Morgan fingerprint density at radius 2 is 1.27 bits per heavy atom. The van der Waals surface area contributed by atoms with Crippen LogP contribution in [0.2, 0.25) is 0 Å². The first kappa shape index (κ1) is 25.2. The van der Waals surface area contributed by atoms with E-state index in [1.165, 1.54) is 24.3 Å². The van der Waals surface area contributed by atoms with Gasteiger partial charge in [-0.15, -0.1) is 0 Å². The van der Waals surface area contributed by atoms with Crippen LogP contribution in [0.1, 0.15) is 34.2 Å². The van der Waals surface area contributed by atoms with E-state index in [2.05, 4.69) is 20.5 Å². The van der Waals surface area contributed by atoms with Gasteiger partial charge in [0.2, 0.25) is 0 Å². The molecule has 37 heavy (non-hydrogen) atoms. The predicted molar refractivity (Wildman–Crippen MR) is 134 cm³/mol. The van der Waals surface area contributed by atoms with Crippen LogP contribution in [0.25, 0.3) is 0 Å². The number of benzene rings is 3.